The number of rotatable bonds is 16. The van der Waals surface area contributed by atoms with Gasteiger partial charge in [-0.05, 0) is 12.8 Å². The van der Waals surface area contributed by atoms with Crippen LogP contribution >= 0.6 is 0 Å². The average Bonchev–Trinajstić information content (AvgIpc) is 3.06. The smallest absolute Gasteiger partial charge is 0.305 e. The number of hydrogen-bond donors (Lipinski definition) is 10. The van der Waals surface area contributed by atoms with Crippen LogP contribution in [-0.4, -0.2) is 184 Å². The summed E-state index contributed by atoms with van der Waals surface area (Å²) in [5, 5.41) is 88.3. The van der Waals surface area contributed by atoms with E-state index in [9.17, 15) is 55.2 Å². The Hall–Kier alpha value is -2.15. The monoisotopic (exact) mass is 714 g/mol. The zero-order valence-corrected chi connectivity index (χ0v) is 27.5. The van der Waals surface area contributed by atoms with Crippen LogP contribution in [0.2, 0.25) is 0 Å². The van der Waals surface area contributed by atoms with Crippen LogP contribution in [0.5, 0.6) is 0 Å². The number of amides is 2. The fourth-order valence-electron chi connectivity index (χ4n) is 5.72. The van der Waals surface area contributed by atoms with Gasteiger partial charge in [-0.25, -0.2) is 0 Å². The minimum Gasteiger partial charge on any atom is -0.469 e. The van der Waals surface area contributed by atoms with Crippen molar-refractivity contribution in [3.8, 4) is 0 Å². The second-order valence-corrected chi connectivity index (χ2v) is 12.1. The van der Waals surface area contributed by atoms with Gasteiger partial charge in [-0.15, -0.1) is 0 Å². The maximum atomic E-state index is 11.9. The number of methoxy groups -OCH3 is 1. The third-order valence-corrected chi connectivity index (χ3v) is 8.40. The highest BCUT2D eigenvalue weighted by Gasteiger charge is 2.52. The molecule has 3 aliphatic rings. The number of nitrogens with one attached hydrogen (secondary N) is 2. The van der Waals surface area contributed by atoms with Gasteiger partial charge < -0.3 is 84.6 Å². The predicted molar refractivity (Wildman–Crippen MR) is 159 cm³/mol. The molecule has 284 valence electrons. The highest BCUT2D eigenvalue weighted by atomic mass is 16.8. The van der Waals surface area contributed by atoms with Crippen molar-refractivity contribution >= 4 is 17.8 Å². The van der Waals surface area contributed by atoms with Crippen molar-refractivity contribution in [2.24, 2.45) is 0 Å². The number of aliphatic hydroxyl groups is 8. The summed E-state index contributed by atoms with van der Waals surface area (Å²) in [6.07, 6.45) is -18.5. The fraction of sp³-hybridized carbons (Fsp3) is 0.897. The zero-order valence-electron chi connectivity index (χ0n) is 27.5. The Morgan fingerprint density at radius 2 is 1.14 bits per heavy atom. The zero-order chi connectivity index (χ0) is 36.4. The molecule has 0 radical (unpaired) electrons. The third kappa shape index (κ3) is 10.9. The predicted octanol–water partition coefficient (Wildman–Crippen LogP) is -5.53. The van der Waals surface area contributed by atoms with Crippen LogP contribution in [0.25, 0.3) is 0 Å². The van der Waals surface area contributed by atoms with Crippen LogP contribution < -0.4 is 10.6 Å². The molecule has 0 unspecified atom stereocenters. The van der Waals surface area contributed by atoms with Crippen molar-refractivity contribution < 1.29 is 88.4 Å². The van der Waals surface area contributed by atoms with E-state index in [0.717, 1.165) is 13.8 Å². The number of esters is 1. The molecule has 3 fully saturated rings. The minimum atomic E-state index is -1.80. The summed E-state index contributed by atoms with van der Waals surface area (Å²) in [7, 11) is 1.28. The number of unbranched alkanes of at least 4 members (excludes halogenated alkanes) is 2. The van der Waals surface area contributed by atoms with E-state index in [1.54, 1.807) is 0 Å². The molecule has 0 saturated carbocycles. The van der Waals surface area contributed by atoms with Crippen molar-refractivity contribution in [2.75, 3.05) is 33.5 Å². The SMILES string of the molecule is COC(=O)CCCCCO[C@@H]1O[C@H](CO[C@@H]2O[C@H](CO)[C@@H](O)[C@H](O)[C@H]2NC(C)=O)[C@H](O)[C@H](O)[C@H]1O[C@@H]1O[C@H](CO)[C@@H](O)[C@H](O)[C@H]1NC(C)=O. The lowest BCUT2D eigenvalue weighted by atomic mass is 9.95. The van der Waals surface area contributed by atoms with E-state index in [1.807, 2.05) is 0 Å². The quantitative estimate of drug-likeness (QED) is 0.0527. The molecule has 3 saturated heterocycles. The number of aliphatic hydroxyl groups excluding tert-OH is 8. The second-order valence-electron chi connectivity index (χ2n) is 12.1. The lowest BCUT2D eigenvalue weighted by molar-refractivity contribution is -0.360. The van der Waals surface area contributed by atoms with Gasteiger partial charge in [-0.2, -0.15) is 0 Å². The number of hydrogen-bond acceptors (Lipinski definition) is 18. The summed E-state index contributed by atoms with van der Waals surface area (Å²) in [4.78, 5) is 35.1. The Labute approximate surface area is 282 Å². The molecule has 10 N–H and O–H groups in total. The second kappa shape index (κ2) is 19.5. The summed E-state index contributed by atoms with van der Waals surface area (Å²) in [5.41, 5.74) is 0. The Balaban J connectivity index is 1.79. The summed E-state index contributed by atoms with van der Waals surface area (Å²) >= 11 is 0. The normalized spacial score (nSPS) is 39.6. The summed E-state index contributed by atoms with van der Waals surface area (Å²) in [6.45, 7) is 0.313. The van der Waals surface area contributed by atoms with Crippen molar-refractivity contribution in [1.29, 1.82) is 0 Å². The highest BCUT2D eigenvalue weighted by Crippen LogP contribution is 2.31. The largest absolute Gasteiger partial charge is 0.469 e. The van der Waals surface area contributed by atoms with Crippen LogP contribution in [0.15, 0.2) is 0 Å². The van der Waals surface area contributed by atoms with Gasteiger partial charge >= 0.3 is 5.97 Å². The van der Waals surface area contributed by atoms with E-state index in [0.29, 0.717) is 19.3 Å². The van der Waals surface area contributed by atoms with Gasteiger partial charge in [0, 0.05) is 26.9 Å². The molecule has 20 nitrogen and oxygen atoms in total. The van der Waals surface area contributed by atoms with Gasteiger partial charge in [-0.1, -0.05) is 6.42 Å². The van der Waals surface area contributed by atoms with Gasteiger partial charge in [0.25, 0.3) is 0 Å². The maximum absolute atomic E-state index is 11.9. The molecule has 2 amide bonds. The highest BCUT2D eigenvalue weighted by molar-refractivity contribution is 5.73. The van der Waals surface area contributed by atoms with Crippen LogP contribution in [0.4, 0.5) is 0 Å². The van der Waals surface area contributed by atoms with E-state index in [-0.39, 0.29) is 19.0 Å². The van der Waals surface area contributed by atoms with E-state index in [1.165, 1.54) is 7.11 Å². The van der Waals surface area contributed by atoms with Crippen molar-refractivity contribution in [3.63, 3.8) is 0 Å². The van der Waals surface area contributed by atoms with Crippen molar-refractivity contribution in [2.45, 2.75) is 132 Å². The van der Waals surface area contributed by atoms with Gasteiger partial charge in [-0.3, -0.25) is 14.4 Å². The van der Waals surface area contributed by atoms with Crippen LogP contribution in [-0.2, 0) is 47.5 Å². The fourth-order valence-corrected chi connectivity index (χ4v) is 5.72. The van der Waals surface area contributed by atoms with E-state index in [4.69, 9.17) is 28.4 Å². The number of carbonyl (C=O) groups is 3. The molecule has 0 aliphatic carbocycles. The van der Waals surface area contributed by atoms with Gasteiger partial charge in [0.1, 0.15) is 73.1 Å². The molecule has 0 spiro atoms. The Morgan fingerprint density at radius 1 is 0.633 bits per heavy atom. The molecule has 0 aromatic carbocycles. The third-order valence-electron chi connectivity index (χ3n) is 8.40. The lowest BCUT2D eigenvalue weighted by Gasteiger charge is -2.47. The van der Waals surface area contributed by atoms with Crippen molar-refractivity contribution in [1.82, 2.24) is 10.6 Å². The molecule has 20 heteroatoms. The summed E-state index contributed by atoms with van der Waals surface area (Å²) < 4.78 is 39.3. The summed E-state index contributed by atoms with van der Waals surface area (Å²) in [6, 6.07) is -2.69. The average molecular weight is 715 g/mol. The van der Waals surface area contributed by atoms with Crippen LogP contribution in [0.1, 0.15) is 39.5 Å². The molecule has 49 heavy (non-hydrogen) atoms. The van der Waals surface area contributed by atoms with Gasteiger partial charge in [0.2, 0.25) is 11.8 Å². The molecule has 0 bridgehead atoms. The minimum absolute atomic E-state index is 0.00193. The molecular formula is C29H50N2O18. The maximum Gasteiger partial charge on any atom is 0.305 e. The first-order valence-corrected chi connectivity index (χ1v) is 16.0. The first kappa shape index (κ1) is 41.3. The Kier molecular flexibility index (Phi) is 16.4. The number of ether oxygens (including phenoxy) is 7. The molecule has 0 aromatic heterocycles. The van der Waals surface area contributed by atoms with E-state index in [2.05, 4.69) is 15.4 Å². The van der Waals surface area contributed by atoms with Gasteiger partial charge in [0.15, 0.2) is 18.9 Å². The molecule has 3 aliphatic heterocycles. The standard InChI is InChI=1S/C29H50N2O18/c1-12(34)30-18-23(40)20(37)14(9-32)46-27(18)45-11-16-22(39)25(42)26(29(48-16)44-8-6-4-5-7-17(36)43-3)49-28-19(31-13(2)35)24(41)21(38)15(10-33)47-28/h14-16,18-29,32-33,37-42H,4-11H2,1-3H3,(H,30,34)(H,31,35)/t14-,15-,16-,18-,19-,20-,21-,22+,23-,24-,25+,26-,27-,28+,29-/m1/s1. The van der Waals surface area contributed by atoms with Gasteiger partial charge in [0.05, 0.1) is 26.9 Å². The Bertz CT molecular complexity index is 1050. The molecular weight excluding hydrogens is 664 g/mol. The first-order valence-electron chi connectivity index (χ1n) is 16.0. The van der Waals surface area contributed by atoms with E-state index < -0.39 is 124 Å². The molecule has 3 rings (SSSR count). The molecule has 0 aromatic rings. The van der Waals surface area contributed by atoms with E-state index >= 15 is 0 Å². The lowest BCUT2D eigenvalue weighted by Crippen LogP contribution is -2.68. The topological polar surface area (TPSA) is 302 Å². The molecule has 3 heterocycles. The summed E-state index contributed by atoms with van der Waals surface area (Å²) in [5.74, 6) is -1.60. The van der Waals surface area contributed by atoms with Crippen LogP contribution in [0.3, 0.4) is 0 Å². The first-order chi connectivity index (χ1) is 23.2. The van der Waals surface area contributed by atoms with Crippen molar-refractivity contribution in [3.05, 3.63) is 0 Å². The number of carbonyl (C=O) groups excluding carboxylic acids is 3. The Morgan fingerprint density at radius 3 is 1.67 bits per heavy atom. The molecule has 15 atom stereocenters. The van der Waals surface area contributed by atoms with Crippen LogP contribution in [0, 0.1) is 0 Å².